The molecule has 31 heavy (non-hydrogen) atoms. The summed E-state index contributed by atoms with van der Waals surface area (Å²) < 4.78 is 53.8. The molecule has 2 aromatic carbocycles. The zero-order chi connectivity index (χ0) is 21.8. The molecule has 1 fully saturated rings. The van der Waals surface area contributed by atoms with E-state index in [2.05, 4.69) is 20.3 Å². The molecule has 4 aromatic rings. The highest BCUT2D eigenvalue weighted by Crippen LogP contribution is 2.41. The zero-order valence-corrected chi connectivity index (χ0v) is 16.0. The van der Waals surface area contributed by atoms with Crippen molar-refractivity contribution in [1.29, 1.82) is 0 Å². The van der Waals surface area contributed by atoms with Gasteiger partial charge in [-0.15, -0.1) is 0 Å². The second kappa shape index (κ2) is 6.93. The lowest BCUT2D eigenvalue weighted by atomic mass is 10.2. The second-order valence-electron chi connectivity index (χ2n) is 7.39. The maximum atomic E-state index is 13.7. The SMILES string of the molecule is Nc1cc(Nc2ccc(C(F)(F)F)cc2)nc(-n2c(C3CC3)nc3cc(F)ccc32)n1. The van der Waals surface area contributed by atoms with Gasteiger partial charge in [0.25, 0.3) is 0 Å². The van der Waals surface area contributed by atoms with E-state index in [0.29, 0.717) is 22.5 Å². The minimum atomic E-state index is -4.41. The van der Waals surface area contributed by atoms with E-state index in [9.17, 15) is 17.6 Å². The van der Waals surface area contributed by atoms with E-state index in [1.54, 1.807) is 10.6 Å². The summed E-state index contributed by atoms with van der Waals surface area (Å²) >= 11 is 0. The monoisotopic (exact) mass is 428 g/mol. The van der Waals surface area contributed by atoms with Crippen LogP contribution in [0.5, 0.6) is 0 Å². The number of nitrogens with one attached hydrogen (secondary N) is 1. The lowest BCUT2D eigenvalue weighted by Gasteiger charge is -2.12. The predicted molar refractivity (Wildman–Crippen MR) is 108 cm³/mol. The normalized spacial score (nSPS) is 14.2. The summed E-state index contributed by atoms with van der Waals surface area (Å²) in [6.07, 6.45) is -2.48. The number of rotatable bonds is 4. The van der Waals surface area contributed by atoms with E-state index >= 15 is 0 Å². The third-order valence-electron chi connectivity index (χ3n) is 5.00. The molecule has 2 heterocycles. The van der Waals surface area contributed by atoms with Crippen LogP contribution in [0.15, 0.2) is 48.5 Å². The minimum Gasteiger partial charge on any atom is -0.383 e. The van der Waals surface area contributed by atoms with Crippen molar-refractivity contribution in [2.45, 2.75) is 24.9 Å². The van der Waals surface area contributed by atoms with Crippen molar-refractivity contribution < 1.29 is 17.6 Å². The van der Waals surface area contributed by atoms with Crippen molar-refractivity contribution in [3.8, 4) is 5.95 Å². The van der Waals surface area contributed by atoms with Crippen LogP contribution in [0.3, 0.4) is 0 Å². The molecule has 0 spiro atoms. The quantitative estimate of drug-likeness (QED) is 0.438. The van der Waals surface area contributed by atoms with Crippen molar-refractivity contribution in [3.63, 3.8) is 0 Å². The van der Waals surface area contributed by atoms with Gasteiger partial charge in [-0.05, 0) is 49.2 Å². The van der Waals surface area contributed by atoms with E-state index in [-0.39, 0.29) is 17.7 Å². The number of fused-ring (bicyclic) bond motifs is 1. The highest BCUT2D eigenvalue weighted by molar-refractivity contribution is 5.78. The van der Waals surface area contributed by atoms with E-state index in [1.807, 2.05) is 0 Å². The Kier molecular flexibility index (Phi) is 4.31. The lowest BCUT2D eigenvalue weighted by molar-refractivity contribution is -0.137. The van der Waals surface area contributed by atoms with Crippen LogP contribution in [0, 0.1) is 5.82 Å². The molecule has 0 unspecified atom stereocenters. The third kappa shape index (κ3) is 3.76. The molecule has 0 saturated heterocycles. The van der Waals surface area contributed by atoms with Crippen molar-refractivity contribution in [2.75, 3.05) is 11.1 Å². The van der Waals surface area contributed by atoms with Crippen LogP contribution >= 0.6 is 0 Å². The summed E-state index contributed by atoms with van der Waals surface area (Å²) in [5, 5.41) is 2.96. The smallest absolute Gasteiger partial charge is 0.383 e. The Morgan fingerprint density at radius 2 is 1.71 bits per heavy atom. The largest absolute Gasteiger partial charge is 0.416 e. The molecule has 1 aliphatic carbocycles. The molecule has 0 amide bonds. The average molecular weight is 428 g/mol. The van der Waals surface area contributed by atoms with Crippen LogP contribution in [0.4, 0.5) is 34.9 Å². The number of hydrogen-bond donors (Lipinski definition) is 2. The molecule has 10 heteroatoms. The molecule has 158 valence electrons. The number of aromatic nitrogens is 4. The van der Waals surface area contributed by atoms with E-state index in [0.717, 1.165) is 30.8 Å². The highest BCUT2D eigenvalue weighted by Gasteiger charge is 2.31. The maximum Gasteiger partial charge on any atom is 0.416 e. The van der Waals surface area contributed by atoms with Gasteiger partial charge in [-0.25, -0.2) is 9.37 Å². The molecular formula is C21H16F4N6. The van der Waals surface area contributed by atoms with E-state index in [1.165, 1.54) is 30.3 Å². The number of imidazole rings is 1. The first kappa shape index (κ1) is 19.3. The van der Waals surface area contributed by atoms with Gasteiger partial charge in [0.2, 0.25) is 5.95 Å². The highest BCUT2D eigenvalue weighted by atomic mass is 19.4. The summed E-state index contributed by atoms with van der Waals surface area (Å²) in [5.74, 6) is 1.31. The average Bonchev–Trinajstić information content (AvgIpc) is 3.48. The van der Waals surface area contributed by atoms with Crippen LogP contribution in [0.25, 0.3) is 17.0 Å². The number of hydrogen-bond acceptors (Lipinski definition) is 5. The number of nitrogen functional groups attached to an aromatic ring is 1. The standard InChI is InChI=1S/C21H16F4N6/c22-13-5-8-16-15(9-13)28-19(11-1-2-11)31(16)20-29-17(26)10-18(30-20)27-14-6-3-12(4-7-14)21(23,24)25/h3-11H,1-2H2,(H3,26,27,29,30). The fourth-order valence-corrected chi connectivity index (χ4v) is 3.40. The van der Waals surface area contributed by atoms with Crippen LogP contribution < -0.4 is 11.1 Å². The first-order chi connectivity index (χ1) is 14.8. The van der Waals surface area contributed by atoms with E-state index < -0.39 is 17.6 Å². The molecule has 0 bridgehead atoms. The minimum absolute atomic E-state index is 0.171. The van der Waals surface area contributed by atoms with Crippen molar-refractivity contribution in [2.24, 2.45) is 0 Å². The van der Waals surface area contributed by atoms with Crippen molar-refractivity contribution >= 4 is 28.4 Å². The van der Waals surface area contributed by atoms with Crippen LogP contribution in [-0.4, -0.2) is 19.5 Å². The number of alkyl halides is 3. The zero-order valence-electron chi connectivity index (χ0n) is 16.0. The van der Waals surface area contributed by atoms with Gasteiger partial charge in [0.15, 0.2) is 0 Å². The topological polar surface area (TPSA) is 81.6 Å². The number of anilines is 3. The fraction of sp³-hybridized carbons (Fsp3) is 0.190. The van der Waals surface area contributed by atoms with Crippen molar-refractivity contribution in [3.05, 3.63) is 65.7 Å². The molecule has 1 saturated carbocycles. The van der Waals surface area contributed by atoms with E-state index in [4.69, 9.17) is 5.73 Å². The number of nitrogens with zero attached hydrogens (tertiary/aromatic N) is 4. The van der Waals surface area contributed by atoms with Gasteiger partial charge in [-0.3, -0.25) is 4.57 Å². The Labute approximate surface area is 173 Å². The third-order valence-corrected chi connectivity index (χ3v) is 5.00. The van der Waals surface area contributed by atoms with Gasteiger partial charge >= 0.3 is 6.18 Å². The lowest BCUT2D eigenvalue weighted by Crippen LogP contribution is -2.09. The molecule has 5 rings (SSSR count). The van der Waals surface area contributed by atoms with Crippen molar-refractivity contribution in [1.82, 2.24) is 19.5 Å². The summed E-state index contributed by atoms with van der Waals surface area (Å²) in [4.78, 5) is 13.4. The molecule has 2 aromatic heterocycles. The van der Waals surface area contributed by atoms with Gasteiger partial charge in [-0.2, -0.15) is 23.1 Å². The summed E-state index contributed by atoms with van der Waals surface area (Å²) in [7, 11) is 0. The molecule has 0 atom stereocenters. The molecule has 1 aliphatic rings. The second-order valence-corrected chi connectivity index (χ2v) is 7.39. The summed E-state index contributed by atoms with van der Waals surface area (Å²) in [5.41, 5.74) is 6.79. The number of halogens is 4. The Bertz CT molecular complexity index is 1280. The van der Waals surface area contributed by atoms with Gasteiger partial charge in [0.05, 0.1) is 16.6 Å². The molecule has 3 N–H and O–H groups in total. The molecule has 0 radical (unpaired) electrons. The predicted octanol–water partition coefficient (Wildman–Crippen LogP) is 5.18. The Hall–Kier alpha value is -3.69. The van der Waals surface area contributed by atoms with Gasteiger partial charge in [0, 0.05) is 23.7 Å². The molecule has 6 nitrogen and oxygen atoms in total. The van der Waals surface area contributed by atoms with Gasteiger partial charge < -0.3 is 11.1 Å². The maximum absolute atomic E-state index is 13.7. The Balaban J connectivity index is 1.54. The first-order valence-electron chi connectivity index (χ1n) is 9.55. The molecule has 0 aliphatic heterocycles. The molecular weight excluding hydrogens is 412 g/mol. The first-order valence-corrected chi connectivity index (χ1v) is 9.55. The summed E-state index contributed by atoms with van der Waals surface area (Å²) in [6, 6.07) is 10.4. The number of nitrogens with two attached hydrogens (primary N) is 1. The van der Waals surface area contributed by atoms with Crippen LogP contribution in [0.2, 0.25) is 0 Å². The van der Waals surface area contributed by atoms with Crippen LogP contribution in [-0.2, 0) is 6.18 Å². The van der Waals surface area contributed by atoms with Gasteiger partial charge in [0.1, 0.15) is 23.3 Å². The fourth-order valence-electron chi connectivity index (χ4n) is 3.40. The van der Waals surface area contributed by atoms with Crippen LogP contribution in [0.1, 0.15) is 30.1 Å². The number of benzene rings is 2. The summed E-state index contributed by atoms with van der Waals surface area (Å²) in [6.45, 7) is 0. The van der Waals surface area contributed by atoms with Gasteiger partial charge in [-0.1, -0.05) is 0 Å². The Morgan fingerprint density at radius 3 is 2.39 bits per heavy atom. The Morgan fingerprint density at radius 1 is 0.968 bits per heavy atom.